The SMILES string of the molecule is COc1nc(OC)nc(N2CCN(CCCCN)CC2)n1. The molecule has 1 aliphatic heterocycles. The number of unbranched alkanes of at least 4 members (excludes halogenated alkanes) is 1. The van der Waals surface area contributed by atoms with Crippen LogP contribution in [-0.2, 0) is 0 Å². The Kier molecular flexibility index (Phi) is 5.94. The maximum absolute atomic E-state index is 5.52. The number of piperazine rings is 1. The topological polar surface area (TPSA) is 89.6 Å². The summed E-state index contributed by atoms with van der Waals surface area (Å²) in [7, 11) is 3.07. The van der Waals surface area contributed by atoms with Gasteiger partial charge in [0, 0.05) is 26.2 Å². The van der Waals surface area contributed by atoms with Gasteiger partial charge in [0.1, 0.15) is 0 Å². The third-order valence-corrected chi connectivity index (χ3v) is 3.53. The van der Waals surface area contributed by atoms with Crippen LogP contribution < -0.4 is 20.1 Å². The zero-order chi connectivity index (χ0) is 15.1. The fourth-order valence-corrected chi connectivity index (χ4v) is 2.30. The van der Waals surface area contributed by atoms with Crippen molar-refractivity contribution in [2.45, 2.75) is 12.8 Å². The second kappa shape index (κ2) is 7.94. The van der Waals surface area contributed by atoms with Gasteiger partial charge in [0.15, 0.2) is 0 Å². The zero-order valence-corrected chi connectivity index (χ0v) is 12.8. The van der Waals surface area contributed by atoms with Gasteiger partial charge in [-0.3, -0.25) is 4.90 Å². The van der Waals surface area contributed by atoms with E-state index in [0.717, 1.165) is 52.1 Å². The summed E-state index contributed by atoms with van der Waals surface area (Å²) in [6.45, 7) is 5.65. The maximum atomic E-state index is 5.52. The summed E-state index contributed by atoms with van der Waals surface area (Å²) >= 11 is 0. The summed E-state index contributed by atoms with van der Waals surface area (Å²) in [4.78, 5) is 17.2. The second-order valence-electron chi connectivity index (χ2n) is 4.93. The Balaban J connectivity index is 1.92. The fourth-order valence-electron chi connectivity index (χ4n) is 2.30. The molecule has 1 aromatic heterocycles. The molecule has 0 spiro atoms. The van der Waals surface area contributed by atoms with Crippen LogP contribution in [0.25, 0.3) is 0 Å². The smallest absolute Gasteiger partial charge is 0.324 e. The molecule has 118 valence electrons. The van der Waals surface area contributed by atoms with Crippen LogP contribution in [0.1, 0.15) is 12.8 Å². The average Bonchev–Trinajstić information content (AvgIpc) is 2.55. The van der Waals surface area contributed by atoms with Gasteiger partial charge < -0.3 is 20.1 Å². The molecule has 0 unspecified atom stereocenters. The molecule has 1 aromatic rings. The van der Waals surface area contributed by atoms with Crippen LogP contribution in [0.2, 0.25) is 0 Å². The quantitative estimate of drug-likeness (QED) is 0.689. The Morgan fingerprint density at radius 3 is 2.10 bits per heavy atom. The Morgan fingerprint density at radius 2 is 1.57 bits per heavy atom. The lowest BCUT2D eigenvalue weighted by Gasteiger charge is -2.34. The van der Waals surface area contributed by atoms with E-state index in [1.54, 1.807) is 0 Å². The van der Waals surface area contributed by atoms with Gasteiger partial charge in [-0.05, 0) is 25.9 Å². The summed E-state index contributed by atoms with van der Waals surface area (Å²) < 4.78 is 10.2. The molecule has 8 heteroatoms. The van der Waals surface area contributed by atoms with E-state index in [9.17, 15) is 0 Å². The molecule has 1 saturated heterocycles. The highest BCUT2D eigenvalue weighted by Gasteiger charge is 2.20. The van der Waals surface area contributed by atoms with Crippen LogP contribution in [0.4, 0.5) is 5.95 Å². The van der Waals surface area contributed by atoms with Crippen molar-refractivity contribution in [3.63, 3.8) is 0 Å². The molecule has 21 heavy (non-hydrogen) atoms. The van der Waals surface area contributed by atoms with Gasteiger partial charge in [-0.2, -0.15) is 9.97 Å². The summed E-state index contributed by atoms with van der Waals surface area (Å²) in [5.41, 5.74) is 5.52. The largest absolute Gasteiger partial charge is 0.467 e. The number of anilines is 1. The van der Waals surface area contributed by atoms with Gasteiger partial charge in [0.2, 0.25) is 5.95 Å². The van der Waals surface area contributed by atoms with Gasteiger partial charge in [0.05, 0.1) is 14.2 Å². The van der Waals surface area contributed by atoms with Crippen molar-refractivity contribution >= 4 is 5.95 Å². The molecular weight excluding hydrogens is 272 g/mol. The van der Waals surface area contributed by atoms with E-state index in [4.69, 9.17) is 15.2 Å². The summed E-state index contributed by atoms with van der Waals surface area (Å²) in [5.74, 6) is 0.611. The number of hydrogen-bond acceptors (Lipinski definition) is 8. The minimum Gasteiger partial charge on any atom is -0.467 e. The molecule has 8 nitrogen and oxygen atoms in total. The fraction of sp³-hybridized carbons (Fsp3) is 0.769. The molecule has 2 heterocycles. The van der Waals surface area contributed by atoms with Crippen LogP contribution in [0.5, 0.6) is 12.0 Å². The molecule has 0 radical (unpaired) electrons. The van der Waals surface area contributed by atoms with E-state index in [1.165, 1.54) is 14.2 Å². The Labute approximate surface area is 125 Å². The molecular formula is C13H24N6O2. The number of methoxy groups -OCH3 is 2. The van der Waals surface area contributed by atoms with Gasteiger partial charge in [-0.25, -0.2) is 0 Å². The molecule has 0 aliphatic carbocycles. The molecule has 2 rings (SSSR count). The molecule has 1 fully saturated rings. The Bertz CT molecular complexity index is 414. The predicted molar refractivity (Wildman–Crippen MR) is 79.9 cm³/mol. The van der Waals surface area contributed by atoms with Gasteiger partial charge in [-0.1, -0.05) is 0 Å². The Hall–Kier alpha value is -1.67. The van der Waals surface area contributed by atoms with E-state index in [-0.39, 0.29) is 12.0 Å². The average molecular weight is 296 g/mol. The lowest BCUT2D eigenvalue weighted by atomic mass is 10.2. The van der Waals surface area contributed by atoms with Gasteiger partial charge in [-0.15, -0.1) is 4.98 Å². The normalized spacial score (nSPS) is 16.0. The second-order valence-corrected chi connectivity index (χ2v) is 4.93. The van der Waals surface area contributed by atoms with Crippen LogP contribution >= 0.6 is 0 Å². The standard InChI is InChI=1S/C13H24N6O2/c1-20-12-15-11(16-13(17-12)21-2)19-9-7-18(8-10-19)6-4-3-5-14/h3-10,14H2,1-2H3. The lowest BCUT2D eigenvalue weighted by Crippen LogP contribution is -2.47. The molecule has 2 N–H and O–H groups in total. The van der Waals surface area contributed by atoms with Gasteiger partial charge >= 0.3 is 12.0 Å². The first-order valence-corrected chi connectivity index (χ1v) is 7.28. The summed E-state index contributed by atoms with van der Waals surface area (Å²) in [5, 5.41) is 0. The van der Waals surface area contributed by atoms with Crippen molar-refractivity contribution in [3.8, 4) is 12.0 Å². The van der Waals surface area contributed by atoms with Crippen molar-refractivity contribution in [1.82, 2.24) is 19.9 Å². The van der Waals surface area contributed by atoms with Crippen molar-refractivity contribution in [1.29, 1.82) is 0 Å². The zero-order valence-electron chi connectivity index (χ0n) is 12.8. The monoisotopic (exact) mass is 296 g/mol. The third kappa shape index (κ3) is 4.40. The number of nitrogens with zero attached hydrogens (tertiary/aromatic N) is 5. The molecule has 0 bridgehead atoms. The van der Waals surface area contributed by atoms with E-state index >= 15 is 0 Å². The molecule has 0 saturated carbocycles. The minimum atomic E-state index is 0.280. The molecule has 0 atom stereocenters. The highest BCUT2D eigenvalue weighted by Crippen LogP contribution is 2.17. The van der Waals surface area contributed by atoms with Gasteiger partial charge in [0.25, 0.3) is 0 Å². The molecule has 0 amide bonds. The summed E-state index contributed by atoms with van der Waals surface area (Å²) in [6, 6.07) is 0.560. The minimum absolute atomic E-state index is 0.280. The number of aromatic nitrogens is 3. The molecule has 0 aromatic carbocycles. The van der Waals surface area contributed by atoms with E-state index in [0.29, 0.717) is 5.95 Å². The first-order chi connectivity index (χ1) is 10.3. The van der Waals surface area contributed by atoms with E-state index in [2.05, 4.69) is 24.8 Å². The van der Waals surface area contributed by atoms with Crippen LogP contribution in [0.15, 0.2) is 0 Å². The van der Waals surface area contributed by atoms with Crippen LogP contribution in [0.3, 0.4) is 0 Å². The number of nitrogens with two attached hydrogens (primary N) is 1. The highest BCUT2D eigenvalue weighted by molar-refractivity contribution is 5.33. The number of hydrogen-bond donors (Lipinski definition) is 1. The predicted octanol–water partition coefficient (Wildman–Crippen LogP) is -0.250. The summed E-state index contributed by atoms with van der Waals surface area (Å²) in [6.07, 6.45) is 2.24. The number of rotatable bonds is 7. The van der Waals surface area contributed by atoms with Crippen molar-refractivity contribution in [2.75, 3.05) is 58.4 Å². The van der Waals surface area contributed by atoms with Crippen molar-refractivity contribution in [2.24, 2.45) is 5.73 Å². The lowest BCUT2D eigenvalue weighted by molar-refractivity contribution is 0.251. The van der Waals surface area contributed by atoms with E-state index in [1.807, 2.05) is 0 Å². The number of ether oxygens (including phenoxy) is 2. The first kappa shape index (κ1) is 15.7. The van der Waals surface area contributed by atoms with Crippen molar-refractivity contribution < 1.29 is 9.47 Å². The Morgan fingerprint density at radius 1 is 0.952 bits per heavy atom. The maximum Gasteiger partial charge on any atom is 0.324 e. The third-order valence-electron chi connectivity index (χ3n) is 3.53. The highest BCUT2D eigenvalue weighted by atomic mass is 16.5. The first-order valence-electron chi connectivity index (χ1n) is 7.28. The van der Waals surface area contributed by atoms with Crippen molar-refractivity contribution in [3.05, 3.63) is 0 Å². The van der Waals surface area contributed by atoms with Crippen LogP contribution in [-0.4, -0.2) is 73.3 Å². The van der Waals surface area contributed by atoms with E-state index < -0.39 is 0 Å². The van der Waals surface area contributed by atoms with Crippen LogP contribution in [0, 0.1) is 0 Å². The molecule has 1 aliphatic rings.